The van der Waals surface area contributed by atoms with E-state index < -0.39 is 0 Å². The van der Waals surface area contributed by atoms with Gasteiger partial charge in [0.15, 0.2) is 0 Å². The molecular formula is C16H16N2. The van der Waals surface area contributed by atoms with Crippen LogP contribution in [0.5, 0.6) is 0 Å². The van der Waals surface area contributed by atoms with Gasteiger partial charge < -0.3 is 4.90 Å². The highest BCUT2D eigenvalue weighted by Gasteiger charge is 2.09. The maximum absolute atomic E-state index is 9.17. The molecule has 0 fully saturated rings. The summed E-state index contributed by atoms with van der Waals surface area (Å²) >= 11 is 0. The standard InChI is InChI=1S/C16H16N2/c1-12-5-8-15(9-6-12)18(3)16-10-13(2)4-7-14(16)11-17/h4-10H,1-3H3. The molecule has 2 aromatic carbocycles. The molecule has 0 amide bonds. The molecule has 0 heterocycles. The van der Waals surface area contributed by atoms with Gasteiger partial charge in [0.1, 0.15) is 6.07 Å². The lowest BCUT2D eigenvalue weighted by Crippen LogP contribution is -2.11. The van der Waals surface area contributed by atoms with Crippen molar-refractivity contribution in [1.29, 1.82) is 5.26 Å². The second-order valence-corrected chi connectivity index (χ2v) is 4.53. The first-order chi connectivity index (χ1) is 8.61. The number of hydrogen-bond donors (Lipinski definition) is 0. The summed E-state index contributed by atoms with van der Waals surface area (Å²) < 4.78 is 0. The Morgan fingerprint density at radius 1 is 0.944 bits per heavy atom. The van der Waals surface area contributed by atoms with Gasteiger partial charge in [-0.3, -0.25) is 0 Å². The molecule has 0 N–H and O–H groups in total. The number of hydrogen-bond acceptors (Lipinski definition) is 2. The highest BCUT2D eigenvalue weighted by atomic mass is 15.1. The Kier molecular flexibility index (Phi) is 3.34. The molecule has 2 aromatic rings. The highest BCUT2D eigenvalue weighted by molar-refractivity contribution is 5.69. The third-order valence-corrected chi connectivity index (χ3v) is 3.06. The van der Waals surface area contributed by atoms with Crippen LogP contribution in [0.15, 0.2) is 42.5 Å². The molecule has 0 saturated heterocycles. The molecule has 0 saturated carbocycles. The quantitative estimate of drug-likeness (QED) is 0.789. The number of nitriles is 1. The Labute approximate surface area is 108 Å². The summed E-state index contributed by atoms with van der Waals surface area (Å²) in [6, 6.07) is 16.4. The van der Waals surface area contributed by atoms with Gasteiger partial charge in [0.25, 0.3) is 0 Å². The van der Waals surface area contributed by atoms with E-state index in [1.54, 1.807) is 0 Å². The van der Waals surface area contributed by atoms with E-state index in [-0.39, 0.29) is 0 Å². The lowest BCUT2D eigenvalue weighted by atomic mass is 10.1. The molecule has 0 aliphatic rings. The molecule has 0 unspecified atom stereocenters. The second kappa shape index (κ2) is 4.93. The first-order valence-corrected chi connectivity index (χ1v) is 5.93. The molecule has 90 valence electrons. The number of nitrogens with zero attached hydrogens (tertiary/aromatic N) is 2. The van der Waals surface area contributed by atoms with Crippen LogP contribution in [0.3, 0.4) is 0 Å². The van der Waals surface area contributed by atoms with Gasteiger partial charge >= 0.3 is 0 Å². The highest BCUT2D eigenvalue weighted by Crippen LogP contribution is 2.27. The van der Waals surface area contributed by atoms with E-state index in [4.69, 9.17) is 0 Å². The van der Waals surface area contributed by atoms with E-state index in [0.29, 0.717) is 5.56 Å². The predicted octanol–water partition coefficient (Wildman–Crippen LogP) is 3.94. The normalized spacial score (nSPS) is 9.89. The molecule has 0 aliphatic carbocycles. The Morgan fingerprint density at radius 2 is 1.56 bits per heavy atom. The zero-order valence-electron chi connectivity index (χ0n) is 10.9. The number of benzene rings is 2. The fourth-order valence-electron chi connectivity index (χ4n) is 1.92. The Hall–Kier alpha value is -2.27. The zero-order valence-corrected chi connectivity index (χ0v) is 10.9. The van der Waals surface area contributed by atoms with Crippen molar-refractivity contribution >= 4 is 11.4 Å². The van der Waals surface area contributed by atoms with Crippen molar-refractivity contribution in [2.45, 2.75) is 13.8 Å². The first kappa shape index (κ1) is 12.2. The Bertz CT molecular complexity index is 591. The fraction of sp³-hybridized carbons (Fsp3) is 0.188. The molecule has 2 heteroatoms. The van der Waals surface area contributed by atoms with Gasteiger partial charge in [0.05, 0.1) is 11.3 Å². The molecule has 0 radical (unpaired) electrons. The van der Waals surface area contributed by atoms with Crippen LogP contribution in [0.2, 0.25) is 0 Å². The lowest BCUT2D eigenvalue weighted by Gasteiger charge is -2.21. The number of anilines is 2. The maximum Gasteiger partial charge on any atom is 0.101 e. The average Bonchev–Trinajstić information content (AvgIpc) is 2.39. The largest absolute Gasteiger partial charge is 0.344 e. The van der Waals surface area contributed by atoms with Gasteiger partial charge in [-0.1, -0.05) is 23.8 Å². The summed E-state index contributed by atoms with van der Waals surface area (Å²) in [4.78, 5) is 2.05. The summed E-state index contributed by atoms with van der Waals surface area (Å²) in [5, 5.41) is 9.17. The lowest BCUT2D eigenvalue weighted by molar-refractivity contribution is 1.19. The average molecular weight is 236 g/mol. The van der Waals surface area contributed by atoms with E-state index in [1.807, 2.05) is 37.1 Å². The topological polar surface area (TPSA) is 27.0 Å². The zero-order chi connectivity index (χ0) is 13.1. The van der Waals surface area contributed by atoms with Crippen LogP contribution < -0.4 is 4.90 Å². The molecule has 0 aromatic heterocycles. The van der Waals surface area contributed by atoms with Crippen molar-refractivity contribution in [3.8, 4) is 6.07 Å². The fourth-order valence-corrected chi connectivity index (χ4v) is 1.92. The van der Waals surface area contributed by atoms with E-state index in [9.17, 15) is 5.26 Å². The summed E-state index contributed by atoms with van der Waals surface area (Å²) in [6.07, 6.45) is 0. The van der Waals surface area contributed by atoms with Gasteiger partial charge in [0.2, 0.25) is 0 Å². The smallest absolute Gasteiger partial charge is 0.101 e. The van der Waals surface area contributed by atoms with E-state index in [0.717, 1.165) is 16.9 Å². The number of rotatable bonds is 2. The summed E-state index contributed by atoms with van der Waals surface area (Å²) in [5.74, 6) is 0. The second-order valence-electron chi connectivity index (χ2n) is 4.53. The Morgan fingerprint density at radius 3 is 2.17 bits per heavy atom. The van der Waals surface area contributed by atoms with Gasteiger partial charge in [-0.15, -0.1) is 0 Å². The van der Waals surface area contributed by atoms with Crippen molar-refractivity contribution in [3.63, 3.8) is 0 Å². The SMILES string of the molecule is Cc1ccc(N(C)c2cc(C)ccc2C#N)cc1. The molecule has 0 bridgehead atoms. The molecule has 2 rings (SSSR count). The summed E-state index contributed by atoms with van der Waals surface area (Å²) in [5.41, 5.74) is 5.12. The van der Waals surface area contributed by atoms with Crippen LogP contribution in [0.4, 0.5) is 11.4 Å². The molecule has 0 atom stereocenters. The van der Waals surface area contributed by atoms with Crippen LogP contribution in [0.25, 0.3) is 0 Å². The van der Waals surface area contributed by atoms with Crippen LogP contribution in [0, 0.1) is 25.2 Å². The number of aryl methyl sites for hydroxylation is 2. The maximum atomic E-state index is 9.17. The van der Waals surface area contributed by atoms with Crippen molar-refractivity contribution in [2.24, 2.45) is 0 Å². The van der Waals surface area contributed by atoms with Gasteiger partial charge in [-0.2, -0.15) is 5.26 Å². The third-order valence-electron chi connectivity index (χ3n) is 3.06. The van der Waals surface area contributed by atoms with Crippen LogP contribution in [-0.4, -0.2) is 7.05 Å². The predicted molar refractivity (Wildman–Crippen MR) is 75.1 cm³/mol. The van der Waals surface area contributed by atoms with Crippen molar-refractivity contribution in [2.75, 3.05) is 11.9 Å². The van der Waals surface area contributed by atoms with E-state index in [1.165, 1.54) is 5.56 Å². The van der Waals surface area contributed by atoms with Crippen LogP contribution in [-0.2, 0) is 0 Å². The molecule has 2 nitrogen and oxygen atoms in total. The van der Waals surface area contributed by atoms with E-state index in [2.05, 4.69) is 37.3 Å². The molecule has 18 heavy (non-hydrogen) atoms. The van der Waals surface area contributed by atoms with Gasteiger partial charge in [-0.05, 0) is 43.7 Å². The van der Waals surface area contributed by atoms with Crippen LogP contribution >= 0.6 is 0 Å². The Balaban J connectivity index is 2.45. The minimum absolute atomic E-state index is 0.698. The van der Waals surface area contributed by atoms with Crippen molar-refractivity contribution < 1.29 is 0 Å². The first-order valence-electron chi connectivity index (χ1n) is 5.93. The third kappa shape index (κ3) is 2.36. The van der Waals surface area contributed by atoms with E-state index >= 15 is 0 Å². The molecule has 0 aliphatic heterocycles. The molecule has 0 spiro atoms. The summed E-state index contributed by atoms with van der Waals surface area (Å²) in [6.45, 7) is 4.10. The van der Waals surface area contributed by atoms with Crippen LogP contribution in [0.1, 0.15) is 16.7 Å². The summed E-state index contributed by atoms with van der Waals surface area (Å²) in [7, 11) is 1.99. The van der Waals surface area contributed by atoms with Crippen molar-refractivity contribution in [3.05, 3.63) is 59.2 Å². The monoisotopic (exact) mass is 236 g/mol. The van der Waals surface area contributed by atoms with Gasteiger partial charge in [0, 0.05) is 12.7 Å². The minimum atomic E-state index is 0.698. The minimum Gasteiger partial charge on any atom is -0.344 e. The molecular weight excluding hydrogens is 220 g/mol. The van der Waals surface area contributed by atoms with Gasteiger partial charge in [-0.25, -0.2) is 0 Å². The van der Waals surface area contributed by atoms with Crippen molar-refractivity contribution in [1.82, 2.24) is 0 Å².